The summed E-state index contributed by atoms with van der Waals surface area (Å²) < 4.78 is 1.90. The Morgan fingerprint density at radius 3 is 2.58 bits per heavy atom. The normalized spacial score (nSPS) is 11.0. The van der Waals surface area contributed by atoms with E-state index in [4.69, 9.17) is 0 Å². The highest BCUT2D eigenvalue weighted by Crippen LogP contribution is 2.20. The van der Waals surface area contributed by atoms with E-state index in [1.165, 1.54) is 5.56 Å². The number of pyridine rings is 1. The highest BCUT2D eigenvalue weighted by molar-refractivity contribution is 6.05. The fourth-order valence-corrected chi connectivity index (χ4v) is 2.99. The maximum atomic E-state index is 13.0. The maximum absolute atomic E-state index is 13.0. The molecule has 3 rings (SSSR count). The first-order valence-electron chi connectivity index (χ1n) is 8.35. The lowest BCUT2D eigenvalue weighted by Gasteiger charge is -2.10. The van der Waals surface area contributed by atoms with Gasteiger partial charge in [0.05, 0.1) is 5.69 Å². The van der Waals surface area contributed by atoms with Crippen LogP contribution in [0.25, 0.3) is 5.65 Å². The molecule has 0 fully saturated rings. The lowest BCUT2D eigenvalue weighted by molar-refractivity contribution is 0.102. The van der Waals surface area contributed by atoms with Gasteiger partial charge in [0.15, 0.2) is 0 Å². The first kappa shape index (κ1) is 16.2. The topological polar surface area (TPSA) is 46.4 Å². The van der Waals surface area contributed by atoms with E-state index in [-0.39, 0.29) is 5.91 Å². The van der Waals surface area contributed by atoms with Crippen molar-refractivity contribution in [2.75, 3.05) is 5.32 Å². The zero-order valence-corrected chi connectivity index (χ0v) is 14.7. The monoisotopic (exact) mass is 321 g/mol. The number of aromatic nitrogens is 2. The van der Waals surface area contributed by atoms with E-state index in [1.807, 2.05) is 55.6 Å². The molecule has 1 amide bonds. The van der Waals surface area contributed by atoms with Crippen molar-refractivity contribution in [1.29, 1.82) is 0 Å². The van der Waals surface area contributed by atoms with Crippen LogP contribution in [0.4, 0.5) is 5.69 Å². The number of imidazole rings is 1. The van der Waals surface area contributed by atoms with Crippen molar-refractivity contribution in [3.63, 3.8) is 0 Å². The van der Waals surface area contributed by atoms with Gasteiger partial charge in [0, 0.05) is 11.9 Å². The zero-order valence-electron chi connectivity index (χ0n) is 14.7. The van der Waals surface area contributed by atoms with Crippen molar-refractivity contribution in [2.24, 2.45) is 0 Å². The Bertz CT molecular complexity index is 909. The summed E-state index contributed by atoms with van der Waals surface area (Å²) >= 11 is 0. The average molecular weight is 321 g/mol. The highest BCUT2D eigenvalue weighted by Gasteiger charge is 2.19. The lowest BCUT2D eigenvalue weighted by atomic mass is 10.1. The van der Waals surface area contributed by atoms with E-state index < -0.39 is 0 Å². The van der Waals surface area contributed by atoms with Gasteiger partial charge >= 0.3 is 0 Å². The summed E-state index contributed by atoms with van der Waals surface area (Å²) in [7, 11) is 0. The summed E-state index contributed by atoms with van der Waals surface area (Å²) in [6.07, 6.45) is 3.71. The van der Waals surface area contributed by atoms with Crippen LogP contribution in [0.15, 0.2) is 36.5 Å². The van der Waals surface area contributed by atoms with Gasteiger partial charge in [-0.1, -0.05) is 37.1 Å². The SMILES string of the molecule is CCCc1nc2ccc(C)cn2c1C(=O)Nc1ccc(C)cc1C. The van der Waals surface area contributed by atoms with E-state index >= 15 is 0 Å². The van der Waals surface area contributed by atoms with Gasteiger partial charge in [-0.2, -0.15) is 0 Å². The van der Waals surface area contributed by atoms with Gasteiger partial charge in [0.1, 0.15) is 11.3 Å². The molecule has 0 aliphatic heterocycles. The molecular formula is C20H23N3O. The molecule has 0 aliphatic carbocycles. The molecule has 1 N–H and O–H groups in total. The molecule has 124 valence electrons. The number of carbonyl (C=O) groups is 1. The van der Waals surface area contributed by atoms with Crippen LogP contribution in [0.2, 0.25) is 0 Å². The molecule has 1 aromatic carbocycles. The first-order chi connectivity index (χ1) is 11.5. The Balaban J connectivity index is 2.04. The molecule has 0 bridgehead atoms. The third kappa shape index (κ3) is 3.04. The largest absolute Gasteiger partial charge is 0.320 e. The van der Waals surface area contributed by atoms with Crippen LogP contribution in [0.1, 0.15) is 46.2 Å². The van der Waals surface area contributed by atoms with Gasteiger partial charge in [0.25, 0.3) is 5.91 Å². The first-order valence-corrected chi connectivity index (χ1v) is 8.35. The van der Waals surface area contributed by atoms with Crippen LogP contribution in [0, 0.1) is 20.8 Å². The number of rotatable bonds is 4. The fourth-order valence-electron chi connectivity index (χ4n) is 2.99. The number of fused-ring (bicyclic) bond motifs is 1. The predicted octanol–water partition coefficient (Wildman–Crippen LogP) is 4.46. The Morgan fingerprint density at radius 1 is 1.12 bits per heavy atom. The number of hydrogen-bond acceptors (Lipinski definition) is 2. The lowest BCUT2D eigenvalue weighted by Crippen LogP contribution is -2.17. The van der Waals surface area contributed by atoms with Crippen LogP contribution in [0.3, 0.4) is 0 Å². The standard InChI is InChI=1S/C20H23N3O/c1-5-6-17-19(23-12-14(3)8-10-18(23)21-17)20(24)22-16-9-7-13(2)11-15(16)4/h7-12H,5-6H2,1-4H3,(H,22,24). The minimum absolute atomic E-state index is 0.108. The molecule has 0 radical (unpaired) electrons. The summed E-state index contributed by atoms with van der Waals surface area (Å²) in [6.45, 7) is 8.17. The second-order valence-corrected chi connectivity index (χ2v) is 6.36. The van der Waals surface area contributed by atoms with E-state index in [0.717, 1.165) is 41.0 Å². The van der Waals surface area contributed by atoms with Crippen molar-refractivity contribution in [3.05, 3.63) is 64.6 Å². The molecule has 0 saturated heterocycles. The molecule has 4 nitrogen and oxygen atoms in total. The van der Waals surface area contributed by atoms with Crippen molar-refractivity contribution in [3.8, 4) is 0 Å². The third-order valence-electron chi connectivity index (χ3n) is 4.17. The molecule has 0 atom stereocenters. The minimum atomic E-state index is -0.108. The molecule has 0 aliphatic rings. The second-order valence-electron chi connectivity index (χ2n) is 6.36. The Morgan fingerprint density at radius 2 is 1.88 bits per heavy atom. The molecule has 2 aromatic heterocycles. The molecule has 24 heavy (non-hydrogen) atoms. The minimum Gasteiger partial charge on any atom is -0.320 e. The summed E-state index contributed by atoms with van der Waals surface area (Å²) in [4.78, 5) is 17.6. The van der Waals surface area contributed by atoms with Crippen LogP contribution >= 0.6 is 0 Å². The summed E-state index contributed by atoms with van der Waals surface area (Å²) in [5.41, 5.74) is 6.49. The van der Waals surface area contributed by atoms with Crippen molar-refractivity contribution in [2.45, 2.75) is 40.5 Å². The van der Waals surface area contributed by atoms with Gasteiger partial charge in [0.2, 0.25) is 0 Å². The summed E-state index contributed by atoms with van der Waals surface area (Å²) in [5, 5.41) is 3.05. The number of aryl methyl sites for hydroxylation is 4. The number of hydrogen-bond donors (Lipinski definition) is 1. The summed E-state index contributed by atoms with van der Waals surface area (Å²) in [5.74, 6) is -0.108. The Labute approximate surface area is 142 Å². The van der Waals surface area contributed by atoms with Crippen LogP contribution in [-0.2, 0) is 6.42 Å². The molecule has 0 saturated carbocycles. The van der Waals surface area contributed by atoms with E-state index in [9.17, 15) is 4.79 Å². The maximum Gasteiger partial charge on any atom is 0.274 e. The number of benzene rings is 1. The van der Waals surface area contributed by atoms with E-state index in [1.54, 1.807) is 0 Å². The Kier molecular flexibility index (Phi) is 4.38. The van der Waals surface area contributed by atoms with Crippen LogP contribution < -0.4 is 5.32 Å². The van der Waals surface area contributed by atoms with Gasteiger partial charge in [-0.15, -0.1) is 0 Å². The van der Waals surface area contributed by atoms with Gasteiger partial charge < -0.3 is 5.32 Å². The number of anilines is 1. The molecular weight excluding hydrogens is 298 g/mol. The quantitative estimate of drug-likeness (QED) is 0.771. The smallest absolute Gasteiger partial charge is 0.274 e. The Hall–Kier alpha value is -2.62. The van der Waals surface area contributed by atoms with Crippen molar-refractivity contribution in [1.82, 2.24) is 9.38 Å². The molecule has 2 heterocycles. The van der Waals surface area contributed by atoms with E-state index in [0.29, 0.717) is 5.69 Å². The van der Waals surface area contributed by atoms with Crippen molar-refractivity contribution >= 4 is 17.2 Å². The van der Waals surface area contributed by atoms with Crippen molar-refractivity contribution < 1.29 is 4.79 Å². The van der Waals surface area contributed by atoms with Crippen LogP contribution in [-0.4, -0.2) is 15.3 Å². The number of carbonyl (C=O) groups excluding carboxylic acids is 1. The zero-order chi connectivity index (χ0) is 17.3. The molecule has 0 spiro atoms. The van der Waals surface area contributed by atoms with E-state index in [2.05, 4.69) is 23.3 Å². The van der Waals surface area contributed by atoms with Gasteiger partial charge in [-0.25, -0.2) is 4.98 Å². The van der Waals surface area contributed by atoms with Gasteiger partial charge in [-0.3, -0.25) is 9.20 Å². The molecule has 3 aromatic rings. The predicted molar refractivity (Wildman–Crippen MR) is 97.8 cm³/mol. The second kappa shape index (κ2) is 6.48. The van der Waals surface area contributed by atoms with Crippen LogP contribution in [0.5, 0.6) is 0 Å². The average Bonchev–Trinajstić information content (AvgIpc) is 2.87. The molecule has 0 unspecified atom stereocenters. The highest BCUT2D eigenvalue weighted by atomic mass is 16.2. The fraction of sp³-hybridized carbons (Fsp3) is 0.300. The van der Waals surface area contributed by atoms with Gasteiger partial charge in [-0.05, 0) is 50.5 Å². The number of nitrogens with zero attached hydrogens (tertiary/aromatic N) is 2. The third-order valence-corrected chi connectivity index (χ3v) is 4.17. The molecule has 4 heteroatoms. The summed E-state index contributed by atoms with van der Waals surface area (Å²) in [6, 6.07) is 10.0. The number of amides is 1. The number of nitrogens with one attached hydrogen (secondary N) is 1.